The van der Waals surface area contributed by atoms with Gasteiger partial charge < -0.3 is 16.0 Å². The van der Waals surface area contributed by atoms with Gasteiger partial charge in [0.15, 0.2) is 5.82 Å². The van der Waals surface area contributed by atoms with E-state index in [4.69, 9.17) is 0 Å². The van der Waals surface area contributed by atoms with Gasteiger partial charge in [0.1, 0.15) is 0 Å². The van der Waals surface area contributed by atoms with E-state index in [-0.39, 0.29) is 30.9 Å². The van der Waals surface area contributed by atoms with Crippen molar-refractivity contribution in [3.63, 3.8) is 0 Å². The highest BCUT2D eigenvalue weighted by molar-refractivity contribution is 9.10. The quantitative estimate of drug-likeness (QED) is 0.516. The van der Waals surface area contributed by atoms with E-state index in [0.29, 0.717) is 23.9 Å². The molecule has 10 heteroatoms. The van der Waals surface area contributed by atoms with Crippen LogP contribution in [0.25, 0.3) is 0 Å². The van der Waals surface area contributed by atoms with Gasteiger partial charge in [-0.15, -0.1) is 10.2 Å². The van der Waals surface area contributed by atoms with Gasteiger partial charge in [-0.3, -0.25) is 4.79 Å². The third kappa shape index (κ3) is 6.79. The molecule has 9 nitrogen and oxygen atoms in total. The molecule has 1 heterocycles. The molecule has 0 aliphatic carbocycles. The molecule has 0 aliphatic rings. The van der Waals surface area contributed by atoms with Crippen molar-refractivity contribution in [2.24, 2.45) is 11.8 Å². The Morgan fingerprint density at radius 3 is 2.54 bits per heavy atom. The fourth-order valence-corrected chi connectivity index (χ4v) is 2.61. The summed E-state index contributed by atoms with van der Waals surface area (Å²) >= 11 is 3.34. The van der Waals surface area contributed by atoms with Crippen LogP contribution in [0.3, 0.4) is 0 Å². The summed E-state index contributed by atoms with van der Waals surface area (Å²) in [6.45, 7) is 4.48. The van der Waals surface area contributed by atoms with Crippen molar-refractivity contribution >= 4 is 33.6 Å². The summed E-state index contributed by atoms with van der Waals surface area (Å²) in [5.41, 5.74) is 0.674. The number of anilines is 1. The van der Waals surface area contributed by atoms with Gasteiger partial charge in [0.05, 0.1) is 12.5 Å². The molecule has 2 aromatic rings. The van der Waals surface area contributed by atoms with Crippen LogP contribution in [0, 0.1) is 11.8 Å². The van der Waals surface area contributed by atoms with Gasteiger partial charge in [0.25, 0.3) is 0 Å². The number of carbonyl (C=O) groups is 2. The van der Waals surface area contributed by atoms with Crippen LogP contribution in [0.4, 0.5) is 10.5 Å². The van der Waals surface area contributed by atoms with Crippen molar-refractivity contribution < 1.29 is 9.59 Å². The second kappa shape index (κ2) is 9.85. The maximum absolute atomic E-state index is 12.4. The fraction of sp³-hybridized carbons (Fsp3) is 0.438. The minimum atomic E-state index is -0.355. The van der Waals surface area contributed by atoms with Gasteiger partial charge in [-0.05, 0) is 36.6 Å². The molecule has 0 bridgehead atoms. The summed E-state index contributed by atoms with van der Waals surface area (Å²) in [4.78, 5) is 24.5. The molecule has 0 radical (unpaired) electrons. The Balaban J connectivity index is 1.84. The molecule has 26 heavy (non-hydrogen) atoms. The average Bonchev–Trinajstić information content (AvgIpc) is 3.11. The highest BCUT2D eigenvalue weighted by Crippen LogP contribution is 2.14. The fourth-order valence-electron chi connectivity index (χ4n) is 2.34. The Bertz CT molecular complexity index is 704. The zero-order valence-electron chi connectivity index (χ0n) is 14.6. The van der Waals surface area contributed by atoms with E-state index in [0.717, 1.165) is 4.47 Å². The number of aromatic nitrogens is 4. The van der Waals surface area contributed by atoms with Crippen molar-refractivity contribution in [1.29, 1.82) is 0 Å². The van der Waals surface area contributed by atoms with Crippen molar-refractivity contribution in [3.05, 3.63) is 34.6 Å². The first-order valence-electron chi connectivity index (χ1n) is 8.24. The number of amides is 3. The predicted molar refractivity (Wildman–Crippen MR) is 100 cm³/mol. The van der Waals surface area contributed by atoms with Crippen molar-refractivity contribution in [2.75, 3.05) is 11.9 Å². The third-order valence-corrected chi connectivity index (χ3v) is 4.08. The molecular formula is C16H22BrN7O2. The molecule has 0 aliphatic heterocycles. The molecule has 2 rings (SSSR count). The number of hydrogen-bond donors (Lipinski definition) is 4. The topological polar surface area (TPSA) is 125 Å². The molecule has 1 aromatic carbocycles. The predicted octanol–water partition coefficient (Wildman–Crippen LogP) is 2.06. The SMILES string of the molecule is CC(C)CC(CNC(=O)Nc1ccc(Br)cc1)C(=O)NCc1nn[nH]n1. The number of carbonyl (C=O) groups excluding carboxylic acids is 2. The molecule has 0 spiro atoms. The van der Waals surface area contributed by atoms with Gasteiger partial charge >= 0.3 is 6.03 Å². The first-order chi connectivity index (χ1) is 12.4. The number of nitrogens with one attached hydrogen (secondary N) is 4. The monoisotopic (exact) mass is 423 g/mol. The zero-order chi connectivity index (χ0) is 18.9. The Morgan fingerprint density at radius 1 is 1.19 bits per heavy atom. The molecule has 3 amide bonds. The normalized spacial score (nSPS) is 11.8. The summed E-state index contributed by atoms with van der Waals surface area (Å²) in [5, 5.41) is 21.6. The minimum absolute atomic E-state index is 0.160. The Morgan fingerprint density at radius 2 is 1.92 bits per heavy atom. The van der Waals surface area contributed by atoms with Gasteiger partial charge in [-0.1, -0.05) is 35.0 Å². The lowest BCUT2D eigenvalue weighted by Gasteiger charge is -2.19. The second-order valence-electron chi connectivity index (χ2n) is 6.21. The van der Waals surface area contributed by atoms with Crippen molar-refractivity contribution in [3.8, 4) is 0 Å². The molecule has 1 atom stereocenters. The van der Waals surface area contributed by atoms with Crippen LogP contribution in [0.15, 0.2) is 28.7 Å². The van der Waals surface area contributed by atoms with Gasteiger partial charge in [-0.25, -0.2) is 4.79 Å². The smallest absolute Gasteiger partial charge is 0.319 e. The van der Waals surface area contributed by atoms with Crippen LogP contribution < -0.4 is 16.0 Å². The minimum Gasteiger partial charge on any atom is -0.348 e. The summed E-state index contributed by atoms with van der Waals surface area (Å²) in [6, 6.07) is 6.89. The number of H-pyrrole nitrogens is 1. The first kappa shape index (κ1) is 19.8. The van der Waals surface area contributed by atoms with E-state index in [1.807, 2.05) is 26.0 Å². The Hall–Kier alpha value is -2.49. The largest absolute Gasteiger partial charge is 0.348 e. The van der Waals surface area contributed by atoms with E-state index in [1.165, 1.54) is 0 Å². The standard InChI is InChI=1S/C16H22BrN7O2/c1-10(2)7-11(15(25)18-9-14-21-23-24-22-14)8-19-16(26)20-13-5-3-12(17)4-6-13/h3-6,10-11H,7-9H2,1-2H3,(H,18,25)(H2,19,20,26)(H,21,22,23,24). The highest BCUT2D eigenvalue weighted by Gasteiger charge is 2.21. The van der Waals surface area contributed by atoms with Gasteiger partial charge in [0, 0.05) is 16.7 Å². The number of rotatable bonds is 8. The van der Waals surface area contributed by atoms with Crippen LogP contribution >= 0.6 is 15.9 Å². The third-order valence-electron chi connectivity index (χ3n) is 3.55. The molecule has 1 aromatic heterocycles. The molecule has 0 saturated carbocycles. The van der Waals surface area contributed by atoms with E-state index in [9.17, 15) is 9.59 Å². The lowest BCUT2D eigenvalue weighted by molar-refractivity contribution is -0.125. The number of aromatic amines is 1. The molecule has 4 N–H and O–H groups in total. The van der Waals surface area contributed by atoms with Crippen LogP contribution in [0.1, 0.15) is 26.1 Å². The number of hydrogen-bond acceptors (Lipinski definition) is 5. The second-order valence-corrected chi connectivity index (χ2v) is 7.13. The first-order valence-corrected chi connectivity index (χ1v) is 9.03. The average molecular weight is 424 g/mol. The number of halogens is 1. The molecule has 0 saturated heterocycles. The van der Waals surface area contributed by atoms with Crippen LogP contribution in [0.5, 0.6) is 0 Å². The number of urea groups is 1. The highest BCUT2D eigenvalue weighted by atomic mass is 79.9. The lowest BCUT2D eigenvalue weighted by Crippen LogP contribution is -2.40. The van der Waals surface area contributed by atoms with E-state index < -0.39 is 0 Å². The van der Waals surface area contributed by atoms with E-state index in [1.54, 1.807) is 12.1 Å². The maximum atomic E-state index is 12.4. The van der Waals surface area contributed by atoms with Crippen molar-refractivity contribution in [1.82, 2.24) is 31.3 Å². The Labute approximate surface area is 159 Å². The van der Waals surface area contributed by atoms with E-state index in [2.05, 4.69) is 52.5 Å². The van der Waals surface area contributed by atoms with Crippen LogP contribution in [-0.2, 0) is 11.3 Å². The Kier molecular flexibility index (Phi) is 7.52. The molecule has 0 fully saturated rings. The summed E-state index contributed by atoms with van der Waals surface area (Å²) < 4.78 is 0.929. The summed E-state index contributed by atoms with van der Waals surface area (Å²) in [7, 11) is 0. The number of nitrogens with zero attached hydrogens (tertiary/aromatic N) is 3. The zero-order valence-corrected chi connectivity index (χ0v) is 16.2. The van der Waals surface area contributed by atoms with Gasteiger partial charge in [-0.2, -0.15) is 5.21 Å². The van der Waals surface area contributed by atoms with Crippen LogP contribution in [0.2, 0.25) is 0 Å². The maximum Gasteiger partial charge on any atom is 0.319 e. The summed E-state index contributed by atoms with van der Waals surface area (Å²) in [6.07, 6.45) is 0.649. The lowest BCUT2D eigenvalue weighted by atomic mass is 9.96. The van der Waals surface area contributed by atoms with E-state index >= 15 is 0 Å². The van der Waals surface area contributed by atoms with Crippen LogP contribution in [-0.4, -0.2) is 39.1 Å². The summed E-state index contributed by atoms with van der Waals surface area (Å²) in [5.74, 6) is 0.208. The van der Waals surface area contributed by atoms with Gasteiger partial charge in [0.2, 0.25) is 5.91 Å². The number of benzene rings is 1. The molecular weight excluding hydrogens is 402 g/mol. The molecule has 140 valence electrons. The molecule has 1 unspecified atom stereocenters. The van der Waals surface area contributed by atoms with Crippen molar-refractivity contribution in [2.45, 2.75) is 26.8 Å². The number of tetrazole rings is 1.